The first-order valence-electron chi connectivity index (χ1n) is 11.4. The lowest BCUT2D eigenvalue weighted by molar-refractivity contribution is -0.131. The topological polar surface area (TPSA) is 105 Å². The Hall–Kier alpha value is -4.39. The summed E-state index contributed by atoms with van der Waals surface area (Å²) in [5.41, 5.74) is 4.69. The van der Waals surface area contributed by atoms with Crippen LogP contribution in [-0.4, -0.2) is 35.2 Å². The van der Waals surface area contributed by atoms with Crippen LogP contribution >= 0.6 is 0 Å². The van der Waals surface area contributed by atoms with Crippen molar-refractivity contribution in [2.24, 2.45) is 0 Å². The van der Waals surface area contributed by atoms with Crippen molar-refractivity contribution in [2.75, 3.05) is 11.9 Å². The number of benzene rings is 3. The number of anilines is 1. The monoisotopic (exact) mass is 468 g/mol. The predicted octanol–water partition coefficient (Wildman–Crippen LogP) is 4.79. The third-order valence-corrected chi connectivity index (χ3v) is 6.43. The number of nitrogens with one attached hydrogen (secondary N) is 2. The molecule has 3 aromatic carbocycles. The van der Waals surface area contributed by atoms with Crippen molar-refractivity contribution in [1.29, 1.82) is 0 Å². The zero-order valence-electron chi connectivity index (χ0n) is 18.9. The molecule has 0 radical (unpaired) electrons. The van der Waals surface area contributed by atoms with Crippen LogP contribution in [0.15, 0.2) is 78.9 Å². The molecule has 1 saturated carbocycles. The number of carboxylic acids is 1. The molecular formula is C28H24N2O5. The summed E-state index contributed by atoms with van der Waals surface area (Å²) >= 11 is 0. The minimum absolute atomic E-state index is 0.0567. The van der Waals surface area contributed by atoms with Gasteiger partial charge in [-0.3, -0.25) is 4.79 Å². The fourth-order valence-electron chi connectivity index (χ4n) is 4.50. The van der Waals surface area contributed by atoms with Crippen LogP contribution in [0.5, 0.6) is 0 Å². The maximum Gasteiger partial charge on any atom is 0.408 e. The van der Waals surface area contributed by atoms with Gasteiger partial charge < -0.3 is 20.5 Å². The number of rotatable bonds is 7. The predicted molar refractivity (Wildman–Crippen MR) is 132 cm³/mol. The van der Waals surface area contributed by atoms with Crippen LogP contribution in [0.1, 0.15) is 35.4 Å². The standard InChI is InChI=1S/C28H24N2O5/c31-25(32)13-12-18-6-5-7-19(16-18)29-26(33)28(14-15-28)30-27(34)35-17-24-22-10-3-1-8-20(22)21-9-2-4-11-23(21)24/h1-13,16,24H,14-15,17H2,(H,29,33)(H,30,34)(H,31,32)/b13-12+. The fourth-order valence-corrected chi connectivity index (χ4v) is 4.50. The van der Waals surface area contributed by atoms with Gasteiger partial charge in [0.25, 0.3) is 0 Å². The zero-order valence-corrected chi connectivity index (χ0v) is 18.9. The summed E-state index contributed by atoms with van der Waals surface area (Å²) in [5.74, 6) is -1.44. The SMILES string of the molecule is O=C(O)/C=C/c1cccc(NC(=O)C2(NC(=O)OCC3c4ccccc4-c4ccccc43)CC2)c1. The number of amides is 2. The van der Waals surface area contributed by atoms with Gasteiger partial charge in [-0.15, -0.1) is 0 Å². The van der Waals surface area contributed by atoms with Crippen LogP contribution in [0.25, 0.3) is 17.2 Å². The summed E-state index contributed by atoms with van der Waals surface area (Å²) in [5, 5.41) is 14.3. The highest BCUT2D eigenvalue weighted by Gasteiger charge is 2.51. The first-order chi connectivity index (χ1) is 16.9. The Morgan fingerprint density at radius 1 is 0.943 bits per heavy atom. The van der Waals surface area contributed by atoms with Crippen LogP contribution < -0.4 is 10.6 Å². The summed E-state index contributed by atoms with van der Waals surface area (Å²) in [6.45, 7) is 0.176. The molecule has 0 bridgehead atoms. The average molecular weight is 469 g/mol. The fraction of sp³-hybridized carbons (Fsp3) is 0.179. The normalized spacial score (nSPS) is 15.2. The number of ether oxygens (including phenoxy) is 1. The molecule has 5 rings (SSSR count). The summed E-state index contributed by atoms with van der Waals surface area (Å²) in [6, 6.07) is 23.0. The van der Waals surface area contributed by atoms with Gasteiger partial charge in [-0.2, -0.15) is 0 Å². The van der Waals surface area contributed by atoms with Crippen LogP contribution in [0, 0.1) is 0 Å². The summed E-state index contributed by atoms with van der Waals surface area (Å²) < 4.78 is 5.59. The Bertz CT molecular complexity index is 1300. The molecule has 0 aromatic heterocycles. The molecule has 7 nitrogen and oxygen atoms in total. The third kappa shape index (κ3) is 4.66. The summed E-state index contributed by atoms with van der Waals surface area (Å²) in [7, 11) is 0. The molecule has 0 heterocycles. The Morgan fingerprint density at radius 2 is 1.60 bits per heavy atom. The minimum atomic E-state index is -1.05. The molecule has 3 N–H and O–H groups in total. The van der Waals surface area contributed by atoms with Crippen LogP contribution in [0.2, 0.25) is 0 Å². The number of aliphatic carboxylic acids is 1. The van der Waals surface area contributed by atoms with Gasteiger partial charge in [0.1, 0.15) is 12.1 Å². The van der Waals surface area contributed by atoms with E-state index in [1.54, 1.807) is 24.3 Å². The second kappa shape index (κ2) is 9.10. The molecule has 3 aromatic rings. The Morgan fingerprint density at radius 3 is 2.23 bits per heavy atom. The smallest absolute Gasteiger partial charge is 0.408 e. The second-order valence-corrected chi connectivity index (χ2v) is 8.78. The largest absolute Gasteiger partial charge is 0.478 e. The van der Waals surface area contributed by atoms with Crippen molar-refractivity contribution in [2.45, 2.75) is 24.3 Å². The van der Waals surface area contributed by atoms with Gasteiger partial charge >= 0.3 is 12.1 Å². The molecule has 0 spiro atoms. The quantitative estimate of drug-likeness (QED) is 0.432. The summed E-state index contributed by atoms with van der Waals surface area (Å²) in [6.07, 6.45) is 2.88. The lowest BCUT2D eigenvalue weighted by Gasteiger charge is -2.19. The Balaban J connectivity index is 1.21. The third-order valence-electron chi connectivity index (χ3n) is 6.43. The van der Waals surface area contributed by atoms with Crippen molar-refractivity contribution in [3.8, 4) is 11.1 Å². The van der Waals surface area contributed by atoms with Crippen molar-refractivity contribution >= 4 is 29.7 Å². The van der Waals surface area contributed by atoms with Crippen LogP contribution in [0.3, 0.4) is 0 Å². The highest BCUT2D eigenvalue weighted by molar-refractivity contribution is 6.02. The number of hydrogen-bond donors (Lipinski definition) is 3. The highest BCUT2D eigenvalue weighted by Crippen LogP contribution is 2.44. The number of carbonyl (C=O) groups excluding carboxylic acids is 2. The van der Waals surface area contributed by atoms with Gasteiger partial charge in [-0.1, -0.05) is 60.7 Å². The van der Waals surface area contributed by atoms with E-state index in [4.69, 9.17) is 9.84 Å². The lowest BCUT2D eigenvalue weighted by atomic mass is 9.98. The number of carboxylic acid groups (broad SMARTS) is 1. The van der Waals surface area contributed by atoms with Crippen molar-refractivity contribution in [3.05, 3.63) is 95.6 Å². The zero-order chi connectivity index (χ0) is 24.4. The van der Waals surface area contributed by atoms with Gasteiger partial charge in [-0.25, -0.2) is 9.59 Å². The average Bonchev–Trinajstić information content (AvgIpc) is 3.57. The molecule has 0 unspecified atom stereocenters. The van der Waals surface area contributed by atoms with Crippen molar-refractivity contribution in [1.82, 2.24) is 5.32 Å². The van der Waals surface area contributed by atoms with E-state index in [0.717, 1.165) is 28.3 Å². The number of fused-ring (bicyclic) bond motifs is 3. The van der Waals surface area contributed by atoms with E-state index in [9.17, 15) is 14.4 Å². The second-order valence-electron chi connectivity index (χ2n) is 8.78. The van der Waals surface area contributed by atoms with Gasteiger partial charge in [0.05, 0.1) is 0 Å². The van der Waals surface area contributed by atoms with E-state index >= 15 is 0 Å². The van der Waals surface area contributed by atoms with E-state index in [1.165, 1.54) is 6.08 Å². The molecule has 35 heavy (non-hydrogen) atoms. The van der Waals surface area contributed by atoms with Crippen LogP contribution in [0.4, 0.5) is 10.5 Å². The first-order valence-corrected chi connectivity index (χ1v) is 11.4. The Kier molecular flexibility index (Phi) is 5.82. The molecule has 2 aliphatic rings. The molecule has 7 heteroatoms. The summed E-state index contributed by atoms with van der Waals surface area (Å²) in [4.78, 5) is 36.3. The maximum absolute atomic E-state index is 12.9. The lowest BCUT2D eigenvalue weighted by Crippen LogP contribution is -2.46. The van der Waals surface area contributed by atoms with E-state index in [2.05, 4.69) is 34.9 Å². The molecular weight excluding hydrogens is 444 g/mol. The molecule has 176 valence electrons. The number of hydrogen-bond acceptors (Lipinski definition) is 4. The number of carbonyl (C=O) groups is 3. The van der Waals surface area contributed by atoms with Gasteiger partial charge in [0.2, 0.25) is 5.91 Å². The van der Waals surface area contributed by atoms with Gasteiger partial charge in [-0.05, 0) is 58.9 Å². The van der Waals surface area contributed by atoms with Crippen molar-refractivity contribution in [3.63, 3.8) is 0 Å². The molecule has 0 saturated heterocycles. The van der Waals surface area contributed by atoms with E-state index < -0.39 is 17.6 Å². The molecule has 1 fully saturated rings. The number of alkyl carbamates (subject to hydrolysis) is 1. The van der Waals surface area contributed by atoms with Gasteiger partial charge in [0, 0.05) is 17.7 Å². The molecule has 0 atom stereocenters. The Labute approximate surface area is 202 Å². The van der Waals surface area contributed by atoms with E-state index in [0.29, 0.717) is 24.1 Å². The first kappa shape index (κ1) is 22.4. The molecule has 0 aliphatic heterocycles. The highest BCUT2D eigenvalue weighted by atomic mass is 16.5. The van der Waals surface area contributed by atoms with E-state index in [1.807, 2.05) is 24.3 Å². The molecule has 2 aliphatic carbocycles. The maximum atomic E-state index is 12.9. The molecule has 2 amide bonds. The van der Waals surface area contributed by atoms with E-state index in [-0.39, 0.29) is 18.4 Å². The van der Waals surface area contributed by atoms with Gasteiger partial charge in [0.15, 0.2) is 0 Å². The van der Waals surface area contributed by atoms with Crippen molar-refractivity contribution < 1.29 is 24.2 Å². The van der Waals surface area contributed by atoms with Crippen LogP contribution in [-0.2, 0) is 14.3 Å². The minimum Gasteiger partial charge on any atom is -0.478 e.